The van der Waals surface area contributed by atoms with Crippen molar-refractivity contribution in [3.05, 3.63) is 54.1 Å². The van der Waals surface area contributed by atoms with E-state index in [1.165, 1.54) is 11.1 Å². The van der Waals surface area contributed by atoms with E-state index in [-0.39, 0.29) is 12.1 Å². The van der Waals surface area contributed by atoms with Gasteiger partial charge in [0.15, 0.2) is 5.84 Å². The Morgan fingerprint density at radius 3 is 2.07 bits per heavy atom. The Morgan fingerprint density at radius 1 is 0.929 bits per heavy atom. The third kappa shape index (κ3) is 3.65. The lowest BCUT2D eigenvalue weighted by molar-refractivity contribution is 0.132. The van der Waals surface area contributed by atoms with Gasteiger partial charge in [-0.3, -0.25) is 5.01 Å². The highest BCUT2D eigenvalue weighted by atomic mass is 19.1. The number of hydrazone groups is 1. The molecule has 28 heavy (non-hydrogen) atoms. The Hall–Kier alpha value is -2.36. The highest BCUT2D eigenvalue weighted by molar-refractivity contribution is 6.19. The van der Waals surface area contributed by atoms with E-state index in [0.29, 0.717) is 6.42 Å². The van der Waals surface area contributed by atoms with Crippen molar-refractivity contribution in [1.82, 2.24) is 5.01 Å². The number of para-hydroxylation sites is 1. The fraction of sp³-hybridized carbons (Fsp3) is 0.458. The van der Waals surface area contributed by atoms with Gasteiger partial charge in [0, 0.05) is 24.1 Å². The second-order valence-corrected chi connectivity index (χ2v) is 6.63. The molecule has 0 N–H and O–H groups in total. The summed E-state index contributed by atoms with van der Waals surface area (Å²) in [6.07, 6.45) is -0.437. The molecule has 152 valence electrons. The number of amidine groups is 1. The van der Waals surface area contributed by atoms with Gasteiger partial charge in [-0.05, 0) is 18.1 Å². The summed E-state index contributed by atoms with van der Waals surface area (Å²) >= 11 is 0. The van der Waals surface area contributed by atoms with Crippen molar-refractivity contribution in [2.45, 2.75) is 60.3 Å². The summed E-state index contributed by atoms with van der Waals surface area (Å²) in [5.74, 6) is 0.784. The lowest BCUT2D eigenvalue weighted by Crippen LogP contribution is -2.49. The normalized spacial score (nSPS) is 18.3. The first-order valence-electron chi connectivity index (χ1n) is 10.6. The van der Waals surface area contributed by atoms with Gasteiger partial charge in [-0.2, -0.15) is 5.10 Å². The van der Waals surface area contributed by atoms with Crippen LogP contribution in [0.3, 0.4) is 0 Å². The van der Waals surface area contributed by atoms with E-state index in [1.807, 2.05) is 65.7 Å². The molecule has 0 aromatic heterocycles. The summed E-state index contributed by atoms with van der Waals surface area (Å²) in [4.78, 5) is 2.21. The SMILES string of the molecule is CC.CC.CCC(F)C(C)C1N(C)N=C2c3ccccc3-c3ccccc3N21. The van der Waals surface area contributed by atoms with Gasteiger partial charge < -0.3 is 4.90 Å². The molecule has 3 nitrogen and oxygen atoms in total. The maximum Gasteiger partial charge on any atom is 0.162 e. The van der Waals surface area contributed by atoms with Crippen molar-refractivity contribution in [2.24, 2.45) is 11.0 Å². The summed E-state index contributed by atoms with van der Waals surface area (Å²) < 4.78 is 14.5. The highest BCUT2D eigenvalue weighted by Crippen LogP contribution is 2.44. The smallest absolute Gasteiger partial charge is 0.162 e. The van der Waals surface area contributed by atoms with Gasteiger partial charge in [0.05, 0.1) is 5.69 Å². The van der Waals surface area contributed by atoms with Gasteiger partial charge in [0.25, 0.3) is 0 Å². The molecule has 2 aromatic rings. The number of hydrogen-bond donors (Lipinski definition) is 0. The molecule has 4 rings (SSSR count). The van der Waals surface area contributed by atoms with Gasteiger partial charge in [-0.1, -0.05) is 84.0 Å². The van der Waals surface area contributed by atoms with Crippen LogP contribution in [-0.2, 0) is 0 Å². The molecule has 0 radical (unpaired) electrons. The number of anilines is 1. The van der Waals surface area contributed by atoms with Gasteiger partial charge >= 0.3 is 0 Å². The topological polar surface area (TPSA) is 18.8 Å². The molecule has 0 saturated heterocycles. The van der Waals surface area contributed by atoms with Crippen LogP contribution >= 0.6 is 0 Å². The van der Waals surface area contributed by atoms with Crippen LogP contribution in [0.25, 0.3) is 11.1 Å². The minimum Gasteiger partial charge on any atom is -0.301 e. The van der Waals surface area contributed by atoms with Crippen LogP contribution in [-0.4, -0.2) is 30.2 Å². The van der Waals surface area contributed by atoms with Crippen LogP contribution in [0.5, 0.6) is 0 Å². The Bertz CT molecular complexity index is 802. The third-order valence-electron chi connectivity index (χ3n) is 5.18. The molecule has 2 aromatic carbocycles. The van der Waals surface area contributed by atoms with Crippen LogP contribution in [0.4, 0.5) is 10.1 Å². The van der Waals surface area contributed by atoms with Crippen molar-refractivity contribution >= 4 is 11.5 Å². The molecule has 0 aliphatic carbocycles. The Morgan fingerprint density at radius 2 is 1.46 bits per heavy atom. The number of benzene rings is 2. The van der Waals surface area contributed by atoms with Gasteiger partial charge in [0.1, 0.15) is 12.3 Å². The number of fused-ring (bicyclic) bond motifs is 6. The van der Waals surface area contributed by atoms with E-state index in [9.17, 15) is 4.39 Å². The second kappa shape index (κ2) is 9.72. The average molecular weight is 384 g/mol. The van der Waals surface area contributed by atoms with E-state index in [1.54, 1.807) is 0 Å². The van der Waals surface area contributed by atoms with E-state index in [2.05, 4.69) is 41.3 Å². The molecule has 0 fully saturated rings. The van der Waals surface area contributed by atoms with Crippen molar-refractivity contribution < 1.29 is 4.39 Å². The minimum absolute atomic E-state index is 0.107. The summed E-state index contributed by atoms with van der Waals surface area (Å²) in [5, 5.41) is 6.70. The first-order chi connectivity index (χ1) is 13.6. The summed E-state index contributed by atoms with van der Waals surface area (Å²) in [5.41, 5.74) is 4.60. The standard InChI is InChI=1S/C20H22FN3.2C2H6/c1-4-17(21)13(2)20-23(3)22-19-16-11-6-5-9-14(16)15-10-7-8-12-18(15)24(19)20;2*1-2/h5-13,17,20H,4H2,1-3H3;2*1-2H3. The van der Waals surface area contributed by atoms with E-state index >= 15 is 0 Å². The Kier molecular flexibility index (Phi) is 7.61. The second-order valence-electron chi connectivity index (χ2n) is 6.63. The van der Waals surface area contributed by atoms with Gasteiger partial charge in [0.2, 0.25) is 0 Å². The maximum atomic E-state index is 14.5. The lowest BCUT2D eigenvalue weighted by atomic mass is 9.90. The molecule has 2 heterocycles. The molecule has 3 unspecified atom stereocenters. The fourth-order valence-corrected chi connectivity index (χ4v) is 3.95. The van der Waals surface area contributed by atoms with Crippen LogP contribution in [0.15, 0.2) is 53.6 Å². The Balaban J connectivity index is 0.000000660. The monoisotopic (exact) mass is 383 g/mol. The number of alkyl halides is 1. The van der Waals surface area contributed by atoms with Crippen molar-refractivity contribution in [3.8, 4) is 11.1 Å². The van der Waals surface area contributed by atoms with Crippen LogP contribution in [0.2, 0.25) is 0 Å². The number of rotatable bonds is 3. The molecule has 4 heteroatoms. The zero-order chi connectivity index (χ0) is 20.8. The minimum atomic E-state index is -0.851. The molecule has 0 spiro atoms. The molecule has 0 amide bonds. The molecule has 2 aliphatic heterocycles. The van der Waals surface area contributed by atoms with Crippen LogP contribution < -0.4 is 4.90 Å². The molecule has 3 atom stereocenters. The van der Waals surface area contributed by atoms with Crippen molar-refractivity contribution in [1.29, 1.82) is 0 Å². The van der Waals surface area contributed by atoms with Crippen LogP contribution in [0.1, 0.15) is 53.5 Å². The lowest BCUT2D eigenvalue weighted by Gasteiger charge is -2.38. The molecular weight excluding hydrogens is 349 g/mol. The molecular formula is C24H34FN3. The summed E-state index contributed by atoms with van der Waals surface area (Å²) in [6.45, 7) is 11.9. The Labute approximate surface area is 169 Å². The average Bonchev–Trinajstić information content (AvgIpc) is 3.13. The van der Waals surface area contributed by atoms with E-state index in [4.69, 9.17) is 5.10 Å². The van der Waals surface area contributed by atoms with Gasteiger partial charge in [-0.15, -0.1) is 0 Å². The van der Waals surface area contributed by atoms with E-state index < -0.39 is 6.17 Å². The van der Waals surface area contributed by atoms with Crippen LogP contribution in [0, 0.1) is 5.92 Å². The van der Waals surface area contributed by atoms with Gasteiger partial charge in [-0.25, -0.2) is 4.39 Å². The zero-order valence-electron chi connectivity index (χ0n) is 18.3. The summed E-state index contributed by atoms with van der Waals surface area (Å²) in [7, 11) is 1.94. The maximum absolute atomic E-state index is 14.5. The summed E-state index contributed by atoms with van der Waals surface area (Å²) in [6, 6.07) is 16.7. The highest BCUT2D eigenvalue weighted by Gasteiger charge is 2.43. The first kappa shape index (κ1) is 21.9. The fourth-order valence-electron chi connectivity index (χ4n) is 3.95. The van der Waals surface area contributed by atoms with Crippen molar-refractivity contribution in [3.63, 3.8) is 0 Å². The molecule has 0 saturated carbocycles. The predicted octanol–water partition coefficient (Wildman–Crippen LogP) is 6.54. The number of hydrogen-bond acceptors (Lipinski definition) is 3. The largest absolute Gasteiger partial charge is 0.301 e. The first-order valence-corrected chi connectivity index (χ1v) is 10.6. The van der Waals surface area contributed by atoms with Crippen molar-refractivity contribution in [2.75, 3.05) is 11.9 Å². The number of nitrogens with zero attached hydrogens (tertiary/aromatic N) is 3. The molecule has 0 bridgehead atoms. The predicted molar refractivity (Wildman–Crippen MR) is 119 cm³/mol. The zero-order valence-corrected chi connectivity index (χ0v) is 18.3. The quantitative estimate of drug-likeness (QED) is 0.599. The number of halogens is 1. The third-order valence-corrected chi connectivity index (χ3v) is 5.18. The molecule has 2 aliphatic rings. The van der Waals surface area contributed by atoms with E-state index in [0.717, 1.165) is 17.1 Å².